The highest BCUT2D eigenvalue weighted by Crippen LogP contribution is 2.24. The number of nitrogens with zero attached hydrogens (tertiary/aromatic N) is 1. The molecule has 0 amide bonds. The van der Waals surface area contributed by atoms with E-state index in [1.807, 2.05) is 31.2 Å². The summed E-state index contributed by atoms with van der Waals surface area (Å²) in [5.41, 5.74) is 2.48. The number of hydrogen-bond donors (Lipinski definition) is 2. The van der Waals surface area contributed by atoms with Crippen molar-refractivity contribution in [2.75, 3.05) is 5.32 Å². The normalized spacial score (nSPS) is 10.2. The van der Waals surface area contributed by atoms with Crippen LogP contribution in [0.5, 0.6) is 5.75 Å². The van der Waals surface area contributed by atoms with Crippen LogP contribution in [0.2, 0.25) is 0 Å². The number of nitrogens with one attached hydrogen (secondary N) is 1. The van der Waals surface area contributed by atoms with Gasteiger partial charge in [-0.2, -0.15) is 0 Å². The lowest BCUT2D eigenvalue weighted by molar-refractivity contribution is -0.384. The van der Waals surface area contributed by atoms with E-state index in [1.165, 1.54) is 18.2 Å². The number of nitro benzene ring substituents is 1. The first kappa shape index (κ1) is 12.9. The third-order valence-electron chi connectivity index (χ3n) is 2.89. The smallest absolute Gasteiger partial charge is 0.270 e. The third kappa shape index (κ3) is 3.01. The van der Waals surface area contributed by atoms with Gasteiger partial charge in [-0.25, -0.2) is 0 Å². The molecule has 0 aliphatic carbocycles. The van der Waals surface area contributed by atoms with Crippen LogP contribution in [0.1, 0.15) is 11.1 Å². The van der Waals surface area contributed by atoms with Crippen LogP contribution in [0.4, 0.5) is 11.4 Å². The van der Waals surface area contributed by atoms with Crippen molar-refractivity contribution in [1.29, 1.82) is 0 Å². The zero-order chi connectivity index (χ0) is 13.8. The zero-order valence-corrected chi connectivity index (χ0v) is 10.5. The van der Waals surface area contributed by atoms with Gasteiger partial charge in [-0.3, -0.25) is 10.1 Å². The molecule has 0 heterocycles. The van der Waals surface area contributed by atoms with Crippen LogP contribution in [0.15, 0.2) is 42.5 Å². The van der Waals surface area contributed by atoms with Crippen molar-refractivity contribution >= 4 is 11.4 Å². The van der Waals surface area contributed by atoms with Gasteiger partial charge in [-0.1, -0.05) is 18.2 Å². The van der Waals surface area contributed by atoms with Crippen molar-refractivity contribution in [2.24, 2.45) is 0 Å². The average molecular weight is 258 g/mol. The number of anilines is 1. The van der Waals surface area contributed by atoms with E-state index in [0.717, 1.165) is 11.3 Å². The Hall–Kier alpha value is -2.56. The van der Waals surface area contributed by atoms with E-state index in [9.17, 15) is 15.2 Å². The summed E-state index contributed by atoms with van der Waals surface area (Å²) >= 11 is 0. The third-order valence-corrected chi connectivity index (χ3v) is 2.89. The molecule has 0 spiro atoms. The summed E-state index contributed by atoms with van der Waals surface area (Å²) in [6.07, 6.45) is 0. The summed E-state index contributed by atoms with van der Waals surface area (Å²) in [4.78, 5) is 10.2. The van der Waals surface area contributed by atoms with E-state index < -0.39 is 4.92 Å². The molecule has 98 valence electrons. The van der Waals surface area contributed by atoms with Crippen molar-refractivity contribution in [3.05, 3.63) is 63.7 Å². The Morgan fingerprint density at radius 3 is 2.68 bits per heavy atom. The lowest BCUT2D eigenvalue weighted by Crippen LogP contribution is -2.02. The van der Waals surface area contributed by atoms with E-state index in [4.69, 9.17) is 0 Å². The second kappa shape index (κ2) is 5.39. The lowest BCUT2D eigenvalue weighted by atomic mass is 10.1. The minimum Gasteiger partial charge on any atom is -0.508 e. The minimum absolute atomic E-state index is 0.0283. The van der Waals surface area contributed by atoms with Crippen LogP contribution >= 0.6 is 0 Å². The quantitative estimate of drug-likeness (QED) is 0.652. The highest BCUT2D eigenvalue weighted by Gasteiger charge is 2.10. The van der Waals surface area contributed by atoms with Gasteiger partial charge in [-0.15, -0.1) is 0 Å². The fraction of sp³-hybridized carbons (Fsp3) is 0.143. The molecule has 0 saturated carbocycles. The molecule has 0 radical (unpaired) electrons. The predicted octanol–water partition coefficient (Wildman–Crippen LogP) is 3.22. The molecule has 0 atom stereocenters. The fourth-order valence-corrected chi connectivity index (χ4v) is 1.79. The van der Waals surface area contributed by atoms with Gasteiger partial charge in [0.25, 0.3) is 5.69 Å². The summed E-state index contributed by atoms with van der Waals surface area (Å²) in [6.45, 7) is 2.30. The largest absolute Gasteiger partial charge is 0.508 e. The van der Waals surface area contributed by atoms with Crippen LogP contribution in [0.3, 0.4) is 0 Å². The Balaban J connectivity index is 2.17. The van der Waals surface area contributed by atoms with E-state index in [2.05, 4.69) is 5.32 Å². The number of benzene rings is 2. The van der Waals surface area contributed by atoms with Crippen LogP contribution in [0, 0.1) is 17.0 Å². The Labute approximate surface area is 110 Å². The number of phenols is 1. The van der Waals surface area contributed by atoms with Gasteiger partial charge in [0.05, 0.1) is 4.92 Å². The average Bonchev–Trinajstić information content (AvgIpc) is 2.39. The maximum atomic E-state index is 10.7. The SMILES string of the molecule is Cc1ccccc1NCc1cc([N+](=O)[O-])ccc1O. The van der Waals surface area contributed by atoms with Crippen LogP contribution in [-0.2, 0) is 6.54 Å². The monoisotopic (exact) mass is 258 g/mol. The Kier molecular flexibility index (Phi) is 3.66. The van der Waals surface area contributed by atoms with Crippen LogP contribution in [0.25, 0.3) is 0 Å². The first-order valence-electron chi connectivity index (χ1n) is 5.83. The minimum atomic E-state index is -0.475. The second-order valence-corrected chi connectivity index (χ2v) is 4.24. The number of nitro groups is 1. The molecule has 5 nitrogen and oxygen atoms in total. The molecule has 0 aliphatic heterocycles. The molecule has 19 heavy (non-hydrogen) atoms. The molecule has 0 fully saturated rings. The van der Waals surface area contributed by atoms with Gasteiger partial charge in [0, 0.05) is 29.9 Å². The number of hydrogen-bond acceptors (Lipinski definition) is 4. The maximum Gasteiger partial charge on any atom is 0.270 e. The molecule has 0 aromatic heterocycles. The number of non-ortho nitro benzene ring substituents is 1. The zero-order valence-electron chi connectivity index (χ0n) is 10.5. The molecule has 5 heteroatoms. The fourth-order valence-electron chi connectivity index (χ4n) is 1.79. The first-order valence-corrected chi connectivity index (χ1v) is 5.83. The van der Waals surface area contributed by atoms with E-state index in [-0.39, 0.29) is 11.4 Å². The van der Waals surface area contributed by atoms with Gasteiger partial charge in [0.1, 0.15) is 5.75 Å². The van der Waals surface area contributed by atoms with E-state index in [0.29, 0.717) is 12.1 Å². The molecule has 0 saturated heterocycles. The Morgan fingerprint density at radius 1 is 1.26 bits per heavy atom. The number of aryl methyl sites for hydroxylation is 1. The van der Waals surface area contributed by atoms with Crippen molar-refractivity contribution < 1.29 is 10.0 Å². The molecule has 2 rings (SSSR count). The molecule has 2 aromatic rings. The molecule has 2 aromatic carbocycles. The Bertz CT molecular complexity index is 611. The standard InChI is InChI=1S/C14H14N2O3/c1-10-4-2-3-5-13(10)15-9-11-8-12(16(18)19)6-7-14(11)17/h2-8,15,17H,9H2,1H3. The molecule has 2 N–H and O–H groups in total. The maximum absolute atomic E-state index is 10.7. The summed E-state index contributed by atoms with van der Waals surface area (Å²) < 4.78 is 0. The topological polar surface area (TPSA) is 75.4 Å². The van der Waals surface area contributed by atoms with Gasteiger partial charge in [0.15, 0.2) is 0 Å². The lowest BCUT2D eigenvalue weighted by Gasteiger charge is -2.10. The summed E-state index contributed by atoms with van der Waals surface area (Å²) in [6, 6.07) is 11.7. The number of rotatable bonds is 4. The van der Waals surface area contributed by atoms with Crippen molar-refractivity contribution in [1.82, 2.24) is 0 Å². The van der Waals surface area contributed by atoms with Gasteiger partial charge >= 0.3 is 0 Å². The van der Waals surface area contributed by atoms with Crippen molar-refractivity contribution in [2.45, 2.75) is 13.5 Å². The van der Waals surface area contributed by atoms with Crippen LogP contribution in [-0.4, -0.2) is 10.0 Å². The summed E-state index contributed by atoms with van der Waals surface area (Å²) in [7, 11) is 0. The van der Waals surface area contributed by atoms with Crippen molar-refractivity contribution in [3.8, 4) is 5.75 Å². The molecular weight excluding hydrogens is 244 g/mol. The van der Waals surface area contributed by atoms with E-state index in [1.54, 1.807) is 0 Å². The predicted molar refractivity (Wildman–Crippen MR) is 73.3 cm³/mol. The first-order chi connectivity index (χ1) is 9.08. The van der Waals surface area contributed by atoms with E-state index >= 15 is 0 Å². The molecular formula is C14H14N2O3. The number of aromatic hydroxyl groups is 1. The highest BCUT2D eigenvalue weighted by molar-refractivity contribution is 5.52. The number of para-hydroxylation sites is 1. The second-order valence-electron chi connectivity index (χ2n) is 4.24. The summed E-state index contributed by atoms with van der Waals surface area (Å²) in [5, 5.41) is 23.6. The summed E-state index contributed by atoms with van der Waals surface area (Å²) in [5.74, 6) is 0.0479. The number of phenolic OH excluding ortho intramolecular Hbond substituents is 1. The van der Waals surface area contributed by atoms with Crippen molar-refractivity contribution in [3.63, 3.8) is 0 Å². The van der Waals surface area contributed by atoms with Gasteiger partial charge in [-0.05, 0) is 24.6 Å². The van der Waals surface area contributed by atoms with Gasteiger partial charge in [0.2, 0.25) is 0 Å². The highest BCUT2D eigenvalue weighted by atomic mass is 16.6. The molecule has 0 bridgehead atoms. The Morgan fingerprint density at radius 2 is 2.00 bits per heavy atom. The van der Waals surface area contributed by atoms with Gasteiger partial charge < -0.3 is 10.4 Å². The molecule has 0 unspecified atom stereocenters. The molecule has 0 aliphatic rings. The van der Waals surface area contributed by atoms with Crippen LogP contribution < -0.4 is 5.32 Å².